The summed E-state index contributed by atoms with van der Waals surface area (Å²) in [5.41, 5.74) is 1.62. The summed E-state index contributed by atoms with van der Waals surface area (Å²) in [6.45, 7) is 2.24. The van der Waals surface area contributed by atoms with Gasteiger partial charge >= 0.3 is 0 Å². The van der Waals surface area contributed by atoms with Gasteiger partial charge in [-0.15, -0.1) is 11.3 Å². The Hall–Kier alpha value is -2.80. The number of thiophene rings is 1. The number of piperidine rings is 1. The quantitative estimate of drug-likeness (QED) is 0.731. The Balaban J connectivity index is 1.35. The number of rotatable bonds is 5. The second-order valence-corrected chi connectivity index (χ2v) is 7.68. The molecule has 0 spiro atoms. The van der Waals surface area contributed by atoms with E-state index in [0.717, 1.165) is 29.2 Å². The van der Waals surface area contributed by atoms with Gasteiger partial charge in [-0.3, -0.25) is 14.8 Å². The van der Waals surface area contributed by atoms with Crippen LogP contribution in [0.3, 0.4) is 0 Å². The molecule has 3 aromatic heterocycles. The van der Waals surface area contributed by atoms with Crippen LogP contribution in [0, 0.1) is 0 Å². The standard InChI is InChI=1S/C20H21N5OS/c26-19(12-16-5-7-20(27-16)25-10-2-1-3-11-25)24-18-6-4-15(13-23-18)17-14-21-8-9-22-17/h4-9,13-14H,1-3,10-12H2,(H,23,24,26). The Morgan fingerprint density at radius 1 is 1.04 bits per heavy atom. The summed E-state index contributed by atoms with van der Waals surface area (Å²) < 4.78 is 0. The van der Waals surface area contributed by atoms with Gasteiger partial charge in [0.1, 0.15) is 5.82 Å². The normalized spacial score (nSPS) is 14.1. The van der Waals surface area contributed by atoms with Crippen LogP contribution in [-0.2, 0) is 11.2 Å². The molecule has 1 amide bonds. The van der Waals surface area contributed by atoms with Crippen molar-refractivity contribution in [2.75, 3.05) is 23.3 Å². The first-order valence-electron chi connectivity index (χ1n) is 9.14. The predicted octanol–water partition coefficient (Wildman–Crippen LogP) is 3.77. The van der Waals surface area contributed by atoms with E-state index in [0.29, 0.717) is 12.2 Å². The molecular weight excluding hydrogens is 358 g/mol. The maximum absolute atomic E-state index is 12.3. The van der Waals surface area contributed by atoms with E-state index in [-0.39, 0.29) is 5.91 Å². The van der Waals surface area contributed by atoms with Crippen LogP contribution in [-0.4, -0.2) is 33.9 Å². The minimum absolute atomic E-state index is 0.0539. The number of amides is 1. The number of pyridine rings is 1. The van der Waals surface area contributed by atoms with Crippen molar-refractivity contribution in [3.05, 3.63) is 53.9 Å². The number of hydrogen-bond donors (Lipinski definition) is 1. The van der Waals surface area contributed by atoms with Gasteiger partial charge in [-0.25, -0.2) is 4.98 Å². The van der Waals surface area contributed by atoms with Crippen molar-refractivity contribution in [3.8, 4) is 11.3 Å². The maximum Gasteiger partial charge on any atom is 0.230 e. The number of anilines is 2. The minimum Gasteiger partial charge on any atom is -0.363 e. The fourth-order valence-corrected chi connectivity index (χ4v) is 4.21. The van der Waals surface area contributed by atoms with Crippen LogP contribution >= 0.6 is 11.3 Å². The maximum atomic E-state index is 12.3. The fraction of sp³-hybridized carbons (Fsp3) is 0.300. The zero-order valence-electron chi connectivity index (χ0n) is 15.0. The van der Waals surface area contributed by atoms with Crippen LogP contribution in [0.1, 0.15) is 24.1 Å². The molecule has 0 saturated carbocycles. The van der Waals surface area contributed by atoms with E-state index in [1.807, 2.05) is 6.07 Å². The Labute approximate surface area is 162 Å². The molecule has 27 heavy (non-hydrogen) atoms. The molecule has 6 nitrogen and oxygen atoms in total. The second-order valence-electron chi connectivity index (χ2n) is 6.54. The molecule has 1 N–H and O–H groups in total. The highest BCUT2D eigenvalue weighted by molar-refractivity contribution is 7.16. The molecule has 1 saturated heterocycles. The third-order valence-electron chi connectivity index (χ3n) is 4.54. The van der Waals surface area contributed by atoms with Gasteiger partial charge in [-0.05, 0) is 43.5 Å². The van der Waals surface area contributed by atoms with E-state index < -0.39 is 0 Å². The molecular formula is C20H21N5OS. The number of aromatic nitrogens is 3. The Bertz CT molecular complexity index is 888. The number of nitrogens with zero attached hydrogens (tertiary/aromatic N) is 4. The molecule has 0 unspecified atom stereocenters. The van der Waals surface area contributed by atoms with Crippen molar-refractivity contribution >= 4 is 28.1 Å². The van der Waals surface area contributed by atoms with Crippen LogP contribution in [0.2, 0.25) is 0 Å². The summed E-state index contributed by atoms with van der Waals surface area (Å²) in [4.78, 5) is 28.4. The summed E-state index contributed by atoms with van der Waals surface area (Å²) in [6, 6.07) is 7.85. The first kappa shape index (κ1) is 17.6. The molecule has 0 aliphatic carbocycles. The zero-order chi connectivity index (χ0) is 18.5. The topological polar surface area (TPSA) is 71.0 Å². The highest BCUT2D eigenvalue weighted by atomic mass is 32.1. The van der Waals surface area contributed by atoms with Gasteiger partial charge in [-0.2, -0.15) is 0 Å². The molecule has 0 atom stereocenters. The summed E-state index contributed by atoms with van der Waals surface area (Å²) in [5, 5.41) is 4.13. The monoisotopic (exact) mass is 379 g/mol. The van der Waals surface area contributed by atoms with Gasteiger partial charge in [-0.1, -0.05) is 0 Å². The van der Waals surface area contributed by atoms with Crippen molar-refractivity contribution < 1.29 is 4.79 Å². The summed E-state index contributed by atoms with van der Waals surface area (Å²) in [5.74, 6) is 0.488. The SMILES string of the molecule is O=C(Cc1ccc(N2CCCCC2)s1)Nc1ccc(-c2cnccn2)cn1. The lowest BCUT2D eigenvalue weighted by molar-refractivity contribution is -0.115. The number of carbonyl (C=O) groups is 1. The molecule has 138 valence electrons. The van der Waals surface area contributed by atoms with E-state index in [2.05, 4.69) is 37.3 Å². The lowest BCUT2D eigenvalue weighted by Crippen LogP contribution is -2.28. The summed E-state index contributed by atoms with van der Waals surface area (Å²) in [6.07, 6.45) is 10.8. The van der Waals surface area contributed by atoms with Gasteiger partial charge in [0.2, 0.25) is 5.91 Å². The van der Waals surface area contributed by atoms with E-state index >= 15 is 0 Å². The fourth-order valence-electron chi connectivity index (χ4n) is 3.16. The molecule has 7 heteroatoms. The van der Waals surface area contributed by atoms with E-state index in [1.165, 1.54) is 24.3 Å². The number of hydrogen-bond acceptors (Lipinski definition) is 6. The van der Waals surface area contributed by atoms with Crippen molar-refractivity contribution in [3.63, 3.8) is 0 Å². The Morgan fingerprint density at radius 2 is 1.93 bits per heavy atom. The van der Waals surface area contributed by atoms with Crippen molar-refractivity contribution in [2.24, 2.45) is 0 Å². The average molecular weight is 379 g/mol. The molecule has 0 radical (unpaired) electrons. The summed E-state index contributed by atoms with van der Waals surface area (Å²) >= 11 is 1.71. The third-order valence-corrected chi connectivity index (χ3v) is 5.69. The lowest BCUT2D eigenvalue weighted by atomic mass is 10.1. The second kappa shape index (κ2) is 8.26. The van der Waals surface area contributed by atoms with Crippen molar-refractivity contribution in [1.82, 2.24) is 15.0 Å². The van der Waals surface area contributed by atoms with Crippen LogP contribution in [0.15, 0.2) is 49.1 Å². The smallest absolute Gasteiger partial charge is 0.230 e. The number of nitrogens with one attached hydrogen (secondary N) is 1. The van der Waals surface area contributed by atoms with E-state index in [9.17, 15) is 4.79 Å². The van der Waals surface area contributed by atoms with Crippen LogP contribution in [0.25, 0.3) is 11.3 Å². The molecule has 1 aliphatic heterocycles. The van der Waals surface area contributed by atoms with Crippen molar-refractivity contribution in [1.29, 1.82) is 0 Å². The molecule has 4 heterocycles. The molecule has 1 aliphatic rings. The Morgan fingerprint density at radius 3 is 2.67 bits per heavy atom. The highest BCUT2D eigenvalue weighted by Crippen LogP contribution is 2.29. The first-order chi connectivity index (χ1) is 13.3. The van der Waals surface area contributed by atoms with Gasteiger partial charge in [0, 0.05) is 42.1 Å². The molecule has 0 bridgehead atoms. The van der Waals surface area contributed by atoms with E-state index in [1.54, 1.807) is 42.2 Å². The van der Waals surface area contributed by atoms with E-state index in [4.69, 9.17) is 0 Å². The summed E-state index contributed by atoms with van der Waals surface area (Å²) in [7, 11) is 0. The lowest BCUT2D eigenvalue weighted by Gasteiger charge is -2.27. The van der Waals surface area contributed by atoms with Crippen molar-refractivity contribution in [2.45, 2.75) is 25.7 Å². The zero-order valence-corrected chi connectivity index (χ0v) is 15.8. The predicted molar refractivity (Wildman–Crippen MR) is 108 cm³/mol. The Kier molecular flexibility index (Phi) is 5.39. The van der Waals surface area contributed by atoms with Crippen LogP contribution < -0.4 is 10.2 Å². The molecule has 3 aromatic rings. The highest BCUT2D eigenvalue weighted by Gasteiger charge is 2.14. The largest absolute Gasteiger partial charge is 0.363 e. The molecule has 0 aromatic carbocycles. The van der Waals surface area contributed by atoms with Gasteiger partial charge in [0.05, 0.1) is 23.3 Å². The minimum atomic E-state index is -0.0539. The average Bonchev–Trinajstić information content (AvgIpc) is 3.18. The van der Waals surface area contributed by atoms with Gasteiger partial charge < -0.3 is 10.2 Å². The van der Waals surface area contributed by atoms with Crippen LogP contribution in [0.5, 0.6) is 0 Å². The van der Waals surface area contributed by atoms with Gasteiger partial charge in [0.15, 0.2) is 0 Å². The van der Waals surface area contributed by atoms with Crippen LogP contribution in [0.4, 0.5) is 10.8 Å². The van der Waals surface area contributed by atoms with Gasteiger partial charge in [0.25, 0.3) is 0 Å². The third kappa shape index (κ3) is 4.49. The molecule has 1 fully saturated rings. The number of carbonyl (C=O) groups excluding carboxylic acids is 1. The first-order valence-corrected chi connectivity index (χ1v) is 9.95. The molecule has 4 rings (SSSR count).